The molecule has 0 radical (unpaired) electrons. The Hall–Kier alpha value is -1.21. The van der Waals surface area contributed by atoms with Gasteiger partial charge >= 0.3 is 15.6 Å². The van der Waals surface area contributed by atoms with E-state index in [9.17, 15) is 26.7 Å². The van der Waals surface area contributed by atoms with Crippen LogP contribution < -0.4 is 13.8 Å². The first-order chi connectivity index (χ1) is 12.9. The van der Waals surface area contributed by atoms with Crippen molar-refractivity contribution in [2.45, 2.75) is 83.3 Å². The molecule has 0 heterocycles. The summed E-state index contributed by atoms with van der Waals surface area (Å²) < 4.78 is 73.5. The van der Waals surface area contributed by atoms with Crippen LogP contribution >= 0.6 is 0 Å². The maximum atomic E-state index is 13.0. The Balaban J connectivity index is 3.90. The zero-order chi connectivity index (χ0) is 24.1. The van der Waals surface area contributed by atoms with E-state index in [1.54, 1.807) is 0 Å². The molecular formula is C19H33F3O5SSi2. The quantitative estimate of drug-likeness (QED) is 0.327. The van der Waals surface area contributed by atoms with Crippen LogP contribution in [0.3, 0.4) is 0 Å². The number of aromatic hydroxyl groups is 1. The van der Waals surface area contributed by atoms with Crippen LogP contribution in [0.2, 0.25) is 36.3 Å². The molecule has 11 heteroatoms. The molecule has 30 heavy (non-hydrogen) atoms. The maximum Gasteiger partial charge on any atom is 0.534 e. The van der Waals surface area contributed by atoms with Gasteiger partial charge in [-0.2, -0.15) is 21.6 Å². The Morgan fingerprint density at radius 3 is 1.67 bits per heavy atom. The lowest BCUT2D eigenvalue weighted by molar-refractivity contribution is -0.0499. The van der Waals surface area contributed by atoms with Crippen molar-refractivity contribution in [1.82, 2.24) is 0 Å². The number of benzene rings is 1. The molecule has 0 aliphatic carbocycles. The maximum absolute atomic E-state index is 13.0. The largest absolute Gasteiger partial charge is 0.543 e. The molecule has 0 spiro atoms. The van der Waals surface area contributed by atoms with Crippen molar-refractivity contribution < 1.29 is 35.3 Å². The standard InChI is InChI=1S/C19H33F3O5SSi2/c1-17(2,3)29(7,8)16-14(26-28(24,25)19(20,21)22)11-13(23)12-15(16)27-30(9,10)18(4,5)6/h11-12,23H,1-10H3. The first-order valence-corrected chi connectivity index (χ1v) is 16.8. The highest BCUT2D eigenvalue weighted by atomic mass is 32.2. The molecule has 174 valence electrons. The van der Waals surface area contributed by atoms with Crippen LogP contribution in [0.15, 0.2) is 12.1 Å². The number of alkyl halides is 3. The Morgan fingerprint density at radius 2 is 1.30 bits per heavy atom. The molecule has 0 aliphatic heterocycles. The van der Waals surface area contributed by atoms with Crippen molar-refractivity contribution in [2.75, 3.05) is 0 Å². The van der Waals surface area contributed by atoms with Gasteiger partial charge in [0.25, 0.3) is 0 Å². The van der Waals surface area contributed by atoms with Crippen molar-refractivity contribution in [3.05, 3.63) is 12.1 Å². The summed E-state index contributed by atoms with van der Waals surface area (Å²) >= 11 is 0. The lowest BCUT2D eigenvalue weighted by Crippen LogP contribution is -2.53. The lowest BCUT2D eigenvalue weighted by Gasteiger charge is -2.42. The van der Waals surface area contributed by atoms with Gasteiger partial charge in [0, 0.05) is 17.3 Å². The minimum atomic E-state index is -5.92. The average molecular weight is 487 g/mol. The van der Waals surface area contributed by atoms with Gasteiger partial charge in [0.2, 0.25) is 8.32 Å². The predicted octanol–water partition coefficient (Wildman–Crippen LogP) is 5.72. The average Bonchev–Trinajstić information content (AvgIpc) is 2.41. The highest BCUT2D eigenvalue weighted by molar-refractivity contribution is 7.88. The monoisotopic (exact) mass is 486 g/mol. The van der Waals surface area contributed by atoms with Gasteiger partial charge in [0.1, 0.15) is 17.2 Å². The number of halogens is 3. The Morgan fingerprint density at radius 1 is 0.867 bits per heavy atom. The van der Waals surface area contributed by atoms with Gasteiger partial charge in [-0.25, -0.2) is 0 Å². The fourth-order valence-electron chi connectivity index (χ4n) is 2.31. The van der Waals surface area contributed by atoms with Gasteiger partial charge in [-0.05, 0) is 23.2 Å². The van der Waals surface area contributed by atoms with Gasteiger partial charge in [-0.3, -0.25) is 0 Å². The fourth-order valence-corrected chi connectivity index (χ4v) is 6.19. The van der Waals surface area contributed by atoms with Crippen molar-refractivity contribution >= 4 is 31.7 Å². The number of phenols is 1. The first kappa shape index (κ1) is 26.8. The number of hydrogen-bond donors (Lipinski definition) is 1. The Kier molecular flexibility index (Phi) is 6.92. The highest BCUT2D eigenvalue weighted by Crippen LogP contribution is 2.44. The fraction of sp³-hybridized carbons (Fsp3) is 0.684. The SMILES string of the molecule is CC(C)(C)[Si](C)(C)Oc1cc(O)cc(OS(=O)(=O)C(F)(F)F)c1[Si](C)(C)C(C)(C)C. The molecule has 0 saturated carbocycles. The van der Waals surface area contributed by atoms with Crippen LogP contribution in [0.25, 0.3) is 0 Å². The van der Waals surface area contributed by atoms with E-state index in [-0.39, 0.29) is 15.8 Å². The van der Waals surface area contributed by atoms with Gasteiger partial charge in [0.15, 0.2) is 0 Å². The van der Waals surface area contributed by atoms with E-state index in [2.05, 4.69) is 4.18 Å². The number of rotatable bonds is 5. The summed E-state index contributed by atoms with van der Waals surface area (Å²) in [6, 6.07) is 2.25. The molecule has 1 aromatic carbocycles. The summed E-state index contributed by atoms with van der Waals surface area (Å²) in [6.07, 6.45) is 0. The molecule has 0 bridgehead atoms. The highest BCUT2D eigenvalue weighted by Gasteiger charge is 2.51. The second-order valence-electron chi connectivity index (χ2n) is 10.5. The Bertz CT molecular complexity index is 896. The number of hydrogen-bond acceptors (Lipinski definition) is 5. The third-order valence-electron chi connectivity index (χ3n) is 6.21. The predicted molar refractivity (Wildman–Crippen MR) is 118 cm³/mol. The molecule has 1 N–H and O–H groups in total. The molecule has 0 amide bonds. The van der Waals surface area contributed by atoms with Crippen LogP contribution in [0.1, 0.15) is 41.5 Å². The molecule has 0 aliphatic rings. The van der Waals surface area contributed by atoms with E-state index in [0.29, 0.717) is 5.19 Å². The van der Waals surface area contributed by atoms with E-state index in [1.165, 1.54) is 6.07 Å². The summed E-state index contributed by atoms with van der Waals surface area (Å²) in [6.45, 7) is 19.5. The van der Waals surface area contributed by atoms with Crippen molar-refractivity contribution in [3.8, 4) is 17.2 Å². The molecule has 0 saturated heterocycles. The minimum absolute atomic E-state index is 0.181. The van der Waals surface area contributed by atoms with Gasteiger partial charge in [-0.15, -0.1) is 0 Å². The zero-order valence-corrected chi connectivity index (χ0v) is 22.1. The topological polar surface area (TPSA) is 72.8 Å². The number of phenolic OH excluding ortho intramolecular Hbond substituents is 1. The van der Waals surface area contributed by atoms with E-state index >= 15 is 0 Å². The third kappa shape index (κ3) is 5.34. The minimum Gasteiger partial charge on any atom is -0.543 e. The zero-order valence-electron chi connectivity index (χ0n) is 19.3. The summed E-state index contributed by atoms with van der Waals surface area (Å²) in [4.78, 5) is 0. The summed E-state index contributed by atoms with van der Waals surface area (Å²) in [5, 5.41) is 9.86. The molecule has 0 aromatic heterocycles. The van der Waals surface area contributed by atoms with Crippen LogP contribution in [-0.4, -0.2) is 35.4 Å². The van der Waals surface area contributed by atoms with Gasteiger partial charge < -0.3 is 13.7 Å². The van der Waals surface area contributed by atoms with E-state index in [0.717, 1.165) is 6.07 Å². The van der Waals surface area contributed by atoms with Crippen LogP contribution in [0, 0.1) is 0 Å². The molecule has 1 rings (SSSR count). The molecule has 0 unspecified atom stereocenters. The van der Waals surface area contributed by atoms with Crippen molar-refractivity contribution in [2.24, 2.45) is 0 Å². The van der Waals surface area contributed by atoms with Gasteiger partial charge in [0.05, 0.1) is 8.07 Å². The Labute approximate surface area is 179 Å². The molecule has 1 aromatic rings. The van der Waals surface area contributed by atoms with Crippen molar-refractivity contribution in [3.63, 3.8) is 0 Å². The molecule has 0 atom stereocenters. The van der Waals surface area contributed by atoms with E-state index in [1.807, 2.05) is 67.7 Å². The van der Waals surface area contributed by atoms with E-state index in [4.69, 9.17) is 4.43 Å². The van der Waals surface area contributed by atoms with E-state index < -0.39 is 43.5 Å². The molecule has 5 nitrogen and oxygen atoms in total. The second kappa shape index (κ2) is 7.73. The normalized spacial score (nSPS) is 14.6. The van der Waals surface area contributed by atoms with Crippen molar-refractivity contribution in [1.29, 1.82) is 0 Å². The summed E-state index contributed by atoms with van der Waals surface area (Å²) in [5.74, 6) is -0.785. The summed E-state index contributed by atoms with van der Waals surface area (Å²) in [5.41, 5.74) is -5.59. The van der Waals surface area contributed by atoms with Crippen LogP contribution in [-0.2, 0) is 10.1 Å². The first-order valence-electron chi connectivity index (χ1n) is 9.51. The van der Waals surface area contributed by atoms with Crippen LogP contribution in [0.5, 0.6) is 17.2 Å². The second-order valence-corrected chi connectivity index (χ2v) is 22.1. The van der Waals surface area contributed by atoms with Gasteiger partial charge in [-0.1, -0.05) is 54.6 Å². The molecular weight excluding hydrogens is 453 g/mol. The van der Waals surface area contributed by atoms with Crippen LogP contribution in [0.4, 0.5) is 13.2 Å². The molecule has 0 fully saturated rings. The summed E-state index contributed by atoms with van der Waals surface area (Å²) in [7, 11) is -11.1. The third-order valence-corrected chi connectivity index (χ3v) is 17.0. The smallest absolute Gasteiger partial charge is 0.534 e. The lowest BCUT2D eigenvalue weighted by atomic mass is 10.2.